The normalized spacial score (nSPS) is 18.9. The Morgan fingerprint density at radius 2 is 1.79 bits per heavy atom. The van der Waals surface area contributed by atoms with Crippen LogP contribution in [0.3, 0.4) is 0 Å². The highest BCUT2D eigenvalue weighted by Crippen LogP contribution is 2.31. The predicted octanol–water partition coefficient (Wildman–Crippen LogP) is 4.54. The Hall–Kier alpha value is -2.68. The molecule has 7 nitrogen and oxygen atoms in total. The molecule has 2 aliphatic rings. The summed E-state index contributed by atoms with van der Waals surface area (Å²) in [6.45, 7) is 7.10. The summed E-state index contributed by atoms with van der Waals surface area (Å²) in [6.07, 6.45) is 1.76. The summed E-state index contributed by atoms with van der Waals surface area (Å²) < 4.78 is 19.3. The Morgan fingerprint density at radius 3 is 2.53 bits per heavy atom. The number of hydrogen-bond donors (Lipinski definition) is 0. The van der Waals surface area contributed by atoms with Gasteiger partial charge in [-0.2, -0.15) is 4.98 Å². The van der Waals surface area contributed by atoms with Gasteiger partial charge in [0.1, 0.15) is 17.5 Å². The van der Waals surface area contributed by atoms with Crippen LogP contribution in [-0.4, -0.2) is 66.9 Å². The largest absolute Gasteiger partial charge is 0.378 e. The fourth-order valence-corrected chi connectivity index (χ4v) is 4.77. The number of halogens is 3. The minimum atomic E-state index is -0.453. The summed E-state index contributed by atoms with van der Waals surface area (Å²) in [4.78, 5) is 20.8. The molecule has 2 aliphatic heterocycles. The van der Waals surface area contributed by atoms with Gasteiger partial charge in [-0.25, -0.2) is 14.4 Å². The van der Waals surface area contributed by atoms with E-state index in [4.69, 9.17) is 37.9 Å². The summed E-state index contributed by atoms with van der Waals surface area (Å²) >= 11 is 12.5. The number of ether oxygens (including phenoxy) is 1. The van der Waals surface area contributed by atoms with Crippen molar-refractivity contribution >= 4 is 40.8 Å². The molecule has 5 rings (SSSR count). The Kier molecular flexibility index (Phi) is 6.72. The molecule has 1 aromatic carbocycles. The van der Waals surface area contributed by atoms with Gasteiger partial charge in [-0.3, -0.25) is 0 Å². The van der Waals surface area contributed by atoms with E-state index in [9.17, 15) is 4.39 Å². The maximum atomic E-state index is 13.8. The summed E-state index contributed by atoms with van der Waals surface area (Å²) in [5, 5.41) is 0.718. The van der Waals surface area contributed by atoms with Crippen molar-refractivity contribution < 1.29 is 9.13 Å². The van der Waals surface area contributed by atoms with Crippen LogP contribution in [0.1, 0.15) is 6.92 Å². The molecule has 1 atom stereocenters. The maximum Gasteiger partial charge on any atom is 0.228 e. The van der Waals surface area contributed by atoms with Crippen molar-refractivity contribution in [1.82, 2.24) is 15.0 Å². The van der Waals surface area contributed by atoms with Gasteiger partial charge < -0.3 is 19.4 Å². The lowest BCUT2D eigenvalue weighted by Gasteiger charge is -2.41. The molecule has 0 amide bonds. The average Bonchev–Trinajstić information content (AvgIpc) is 2.86. The van der Waals surface area contributed by atoms with Crippen LogP contribution < -0.4 is 14.7 Å². The van der Waals surface area contributed by atoms with Gasteiger partial charge in [-0.05, 0) is 37.3 Å². The second kappa shape index (κ2) is 9.90. The van der Waals surface area contributed by atoms with E-state index in [0.717, 1.165) is 49.9 Å². The highest BCUT2D eigenvalue weighted by Gasteiger charge is 2.28. The third-order valence-electron chi connectivity index (χ3n) is 6.17. The standard InChI is InChI=1S/C24H25Cl2FN6O/c1-16-15-32(7-8-33(16)23-18(25)3-2-6-28-23)22-14-21(17-4-5-20(27)19(26)13-17)29-24(30-22)31-9-11-34-12-10-31/h2-6,13-14,16H,7-12,15H2,1H3. The van der Waals surface area contributed by atoms with Gasteiger partial charge in [-0.15, -0.1) is 0 Å². The van der Waals surface area contributed by atoms with E-state index in [2.05, 4.69) is 26.6 Å². The first-order chi connectivity index (χ1) is 16.5. The molecule has 0 N–H and O–H groups in total. The molecule has 2 fully saturated rings. The van der Waals surface area contributed by atoms with Crippen LogP contribution in [0, 0.1) is 5.82 Å². The monoisotopic (exact) mass is 502 g/mol. The molecule has 2 saturated heterocycles. The second-order valence-corrected chi connectivity index (χ2v) is 9.25. The maximum absolute atomic E-state index is 13.8. The van der Waals surface area contributed by atoms with Crippen LogP contribution >= 0.6 is 23.2 Å². The van der Waals surface area contributed by atoms with Crippen LogP contribution in [0.4, 0.5) is 22.0 Å². The molecular formula is C24H25Cl2FN6O. The number of rotatable bonds is 4. The molecule has 178 valence electrons. The van der Waals surface area contributed by atoms with E-state index in [-0.39, 0.29) is 11.1 Å². The lowest BCUT2D eigenvalue weighted by molar-refractivity contribution is 0.122. The van der Waals surface area contributed by atoms with Crippen molar-refractivity contribution in [2.75, 3.05) is 60.6 Å². The van der Waals surface area contributed by atoms with Crippen LogP contribution in [0.25, 0.3) is 11.3 Å². The Morgan fingerprint density at radius 1 is 0.971 bits per heavy atom. The number of piperazine rings is 1. The van der Waals surface area contributed by atoms with Crippen molar-refractivity contribution in [3.63, 3.8) is 0 Å². The summed E-state index contributed by atoms with van der Waals surface area (Å²) in [6, 6.07) is 10.5. The lowest BCUT2D eigenvalue weighted by Crippen LogP contribution is -2.52. The van der Waals surface area contributed by atoms with E-state index in [1.807, 2.05) is 18.2 Å². The van der Waals surface area contributed by atoms with Crippen molar-refractivity contribution in [1.29, 1.82) is 0 Å². The zero-order chi connectivity index (χ0) is 23.7. The molecule has 0 spiro atoms. The Bertz CT molecular complexity index is 1180. The summed E-state index contributed by atoms with van der Waals surface area (Å²) in [7, 11) is 0. The third kappa shape index (κ3) is 4.76. The number of benzene rings is 1. The van der Waals surface area contributed by atoms with E-state index in [1.54, 1.807) is 18.3 Å². The predicted molar refractivity (Wildman–Crippen MR) is 134 cm³/mol. The van der Waals surface area contributed by atoms with Gasteiger partial charge >= 0.3 is 0 Å². The van der Waals surface area contributed by atoms with E-state index >= 15 is 0 Å². The lowest BCUT2D eigenvalue weighted by atomic mass is 10.1. The van der Waals surface area contributed by atoms with Crippen molar-refractivity contribution in [3.05, 3.63) is 58.5 Å². The molecule has 0 radical (unpaired) electrons. The molecule has 1 unspecified atom stereocenters. The quantitative estimate of drug-likeness (QED) is 0.519. The van der Waals surface area contributed by atoms with E-state index in [1.165, 1.54) is 6.07 Å². The molecule has 0 aliphatic carbocycles. The minimum Gasteiger partial charge on any atom is -0.378 e. The topological polar surface area (TPSA) is 57.6 Å². The smallest absolute Gasteiger partial charge is 0.228 e. The van der Waals surface area contributed by atoms with Crippen LogP contribution in [0.15, 0.2) is 42.6 Å². The number of morpholine rings is 1. The Labute approximate surface area is 208 Å². The van der Waals surface area contributed by atoms with Gasteiger partial charge in [0, 0.05) is 56.6 Å². The molecule has 34 heavy (non-hydrogen) atoms. The van der Waals surface area contributed by atoms with Crippen LogP contribution in [0.5, 0.6) is 0 Å². The molecular weight excluding hydrogens is 478 g/mol. The first kappa shape index (κ1) is 23.1. The van der Waals surface area contributed by atoms with Gasteiger partial charge in [0.2, 0.25) is 5.95 Å². The fourth-order valence-electron chi connectivity index (χ4n) is 4.36. The summed E-state index contributed by atoms with van der Waals surface area (Å²) in [5.74, 6) is 1.81. The zero-order valence-electron chi connectivity index (χ0n) is 18.8. The molecule has 4 heterocycles. The number of anilines is 3. The third-order valence-corrected chi connectivity index (χ3v) is 6.76. The SMILES string of the molecule is CC1CN(c2cc(-c3ccc(F)c(Cl)c3)nc(N3CCOCC3)n2)CCN1c1ncccc1Cl. The average molecular weight is 503 g/mol. The van der Waals surface area contributed by atoms with Gasteiger partial charge in [0.25, 0.3) is 0 Å². The molecule has 0 bridgehead atoms. The van der Waals surface area contributed by atoms with Gasteiger partial charge in [0.15, 0.2) is 0 Å². The number of hydrogen-bond acceptors (Lipinski definition) is 7. The van der Waals surface area contributed by atoms with E-state index in [0.29, 0.717) is 29.9 Å². The Balaban J connectivity index is 1.46. The van der Waals surface area contributed by atoms with Gasteiger partial charge in [0.05, 0.1) is 29.0 Å². The highest BCUT2D eigenvalue weighted by molar-refractivity contribution is 6.33. The van der Waals surface area contributed by atoms with Crippen molar-refractivity contribution in [3.8, 4) is 11.3 Å². The van der Waals surface area contributed by atoms with Crippen molar-refractivity contribution in [2.24, 2.45) is 0 Å². The second-order valence-electron chi connectivity index (χ2n) is 8.44. The first-order valence-electron chi connectivity index (χ1n) is 11.3. The van der Waals surface area contributed by atoms with Crippen LogP contribution in [-0.2, 0) is 4.74 Å². The summed E-state index contributed by atoms with van der Waals surface area (Å²) in [5.41, 5.74) is 1.45. The number of nitrogens with zero attached hydrogens (tertiary/aromatic N) is 6. The molecule has 10 heteroatoms. The highest BCUT2D eigenvalue weighted by atomic mass is 35.5. The zero-order valence-corrected chi connectivity index (χ0v) is 20.3. The molecule has 2 aromatic heterocycles. The fraction of sp³-hybridized carbons (Fsp3) is 0.375. The molecule has 3 aromatic rings. The van der Waals surface area contributed by atoms with Crippen molar-refractivity contribution in [2.45, 2.75) is 13.0 Å². The van der Waals surface area contributed by atoms with Crippen LogP contribution in [0.2, 0.25) is 10.0 Å². The van der Waals surface area contributed by atoms with E-state index < -0.39 is 5.82 Å². The molecule has 0 saturated carbocycles. The number of pyridine rings is 1. The minimum absolute atomic E-state index is 0.0695. The van der Waals surface area contributed by atoms with Gasteiger partial charge in [-0.1, -0.05) is 23.2 Å². The number of aromatic nitrogens is 3. The first-order valence-corrected chi connectivity index (χ1v) is 12.0.